The molecule has 0 aliphatic carbocycles. The van der Waals surface area contributed by atoms with Gasteiger partial charge in [0, 0.05) is 18.5 Å². The van der Waals surface area contributed by atoms with Crippen LogP contribution in [0.25, 0.3) is 11.3 Å². The number of ether oxygens (including phenoxy) is 1. The molecule has 0 spiro atoms. The lowest BCUT2D eigenvalue weighted by atomic mass is 9.92. The molecule has 32 heavy (non-hydrogen) atoms. The predicted molar refractivity (Wildman–Crippen MR) is 113 cm³/mol. The summed E-state index contributed by atoms with van der Waals surface area (Å²) in [5, 5.41) is 18.6. The molecule has 0 saturated carbocycles. The number of aryl methyl sites for hydroxylation is 1. The Morgan fingerprint density at radius 1 is 1.28 bits per heavy atom. The number of likely N-dealkylation sites (tertiary alicyclic amines) is 1. The van der Waals surface area contributed by atoms with Crippen molar-refractivity contribution in [3.63, 3.8) is 0 Å². The van der Waals surface area contributed by atoms with Gasteiger partial charge in [0.2, 0.25) is 0 Å². The van der Waals surface area contributed by atoms with Gasteiger partial charge in [-0.2, -0.15) is 18.3 Å². The Kier molecular flexibility index (Phi) is 7.71. The van der Waals surface area contributed by atoms with Crippen molar-refractivity contribution in [2.24, 2.45) is 5.92 Å². The van der Waals surface area contributed by atoms with Crippen LogP contribution in [0, 0.1) is 12.8 Å². The predicted octanol–water partition coefficient (Wildman–Crippen LogP) is 4.38. The molecule has 0 amide bonds. The molecule has 1 N–H and O–H groups in total. The molecule has 3 rings (SSSR count). The number of hydrogen-bond acceptors (Lipinski definition) is 6. The number of methoxy groups -OCH3 is 1. The van der Waals surface area contributed by atoms with E-state index in [0.29, 0.717) is 24.1 Å². The molecule has 0 radical (unpaired) electrons. The first-order valence-corrected chi connectivity index (χ1v) is 10.7. The summed E-state index contributed by atoms with van der Waals surface area (Å²) in [7, 11) is 1.40. The highest BCUT2D eigenvalue weighted by molar-refractivity contribution is 5.70. The van der Waals surface area contributed by atoms with Gasteiger partial charge in [0.25, 0.3) is 0 Å². The highest BCUT2D eigenvalue weighted by Gasteiger charge is 2.31. The summed E-state index contributed by atoms with van der Waals surface area (Å²) in [6, 6.07) is 4.75. The topological polar surface area (TPSA) is 75.5 Å². The zero-order valence-electron chi connectivity index (χ0n) is 18.3. The highest BCUT2D eigenvalue weighted by atomic mass is 19.4. The third-order valence-corrected chi connectivity index (χ3v) is 5.80. The van der Waals surface area contributed by atoms with Crippen LogP contribution < -0.4 is 0 Å². The number of esters is 1. The number of hydrogen-bond donors (Lipinski definition) is 1. The summed E-state index contributed by atoms with van der Waals surface area (Å²) < 4.78 is 43.2. The van der Waals surface area contributed by atoms with Crippen molar-refractivity contribution in [3.8, 4) is 17.0 Å². The molecule has 6 nitrogen and oxygen atoms in total. The molecule has 1 atom stereocenters. The van der Waals surface area contributed by atoms with Gasteiger partial charge in [0.1, 0.15) is 5.75 Å². The number of phenols is 1. The average molecular weight is 451 g/mol. The minimum Gasteiger partial charge on any atom is -0.507 e. The Hall–Kier alpha value is -2.68. The van der Waals surface area contributed by atoms with E-state index < -0.39 is 17.5 Å². The molecule has 1 aliphatic heterocycles. The molecule has 0 bridgehead atoms. The number of nitrogens with zero attached hydrogens (tertiary/aromatic N) is 3. The zero-order valence-corrected chi connectivity index (χ0v) is 18.3. The van der Waals surface area contributed by atoms with Crippen molar-refractivity contribution in [2.45, 2.75) is 45.2 Å². The molecule has 1 fully saturated rings. The largest absolute Gasteiger partial charge is 0.507 e. The van der Waals surface area contributed by atoms with Crippen molar-refractivity contribution in [1.82, 2.24) is 15.1 Å². The molecule has 2 heterocycles. The van der Waals surface area contributed by atoms with Gasteiger partial charge in [-0.1, -0.05) is 0 Å². The minimum absolute atomic E-state index is 0.191. The summed E-state index contributed by atoms with van der Waals surface area (Å²) in [6.07, 6.45) is -0.429. The maximum atomic E-state index is 12.8. The summed E-state index contributed by atoms with van der Waals surface area (Å²) in [5.41, 5.74) is 1.25. The Morgan fingerprint density at radius 2 is 2.06 bits per heavy atom. The minimum atomic E-state index is -4.52. The number of aromatic nitrogens is 2. The van der Waals surface area contributed by atoms with E-state index in [-0.39, 0.29) is 11.5 Å². The SMILES string of the molecule is COC(=O)CCCN1CCC[C@@H](Cc2cc(C)c(-c3ccc(C(F)(F)F)cc3O)nn2)C1. The van der Waals surface area contributed by atoms with Crippen LogP contribution in [0.3, 0.4) is 0 Å². The highest BCUT2D eigenvalue weighted by Crippen LogP contribution is 2.36. The fourth-order valence-corrected chi connectivity index (χ4v) is 4.18. The first kappa shape index (κ1) is 24.0. The van der Waals surface area contributed by atoms with E-state index in [1.54, 1.807) is 0 Å². The van der Waals surface area contributed by atoms with Crippen LogP contribution in [-0.4, -0.2) is 52.9 Å². The van der Waals surface area contributed by atoms with Gasteiger partial charge in [-0.3, -0.25) is 4.79 Å². The molecule has 1 aliphatic rings. The summed E-state index contributed by atoms with van der Waals surface area (Å²) in [4.78, 5) is 13.6. The fraction of sp³-hybridized carbons (Fsp3) is 0.522. The van der Waals surface area contributed by atoms with Gasteiger partial charge in [-0.25, -0.2) is 0 Å². The van der Waals surface area contributed by atoms with E-state index in [2.05, 4.69) is 19.8 Å². The lowest BCUT2D eigenvalue weighted by Gasteiger charge is -2.32. The number of halogens is 3. The molecular formula is C23H28F3N3O3. The van der Waals surface area contributed by atoms with Crippen molar-refractivity contribution < 1.29 is 27.8 Å². The number of piperidine rings is 1. The standard InChI is InChI=1S/C23H28F3N3O3/c1-15-11-18(12-16-5-3-9-29(14-16)10-4-6-21(31)32-2)27-28-22(15)19-8-7-17(13-20(19)30)23(24,25)26/h7-8,11,13,16,30H,3-6,9-10,12,14H2,1-2H3/t16-/m0/s1. The molecule has 1 aromatic heterocycles. The number of phenolic OH excluding ortho intramolecular Hbond substituents is 1. The van der Waals surface area contributed by atoms with Gasteiger partial charge in [0.05, 0.1) is 24.1 Å². The molecule has 1 aromatic carbocycles. The molecule has 174 valence electrons. The molecule has 9 heteroatoms. The summed E-state index contributed by atoms with van der Waals surface area (Å²) in [6.45, 7) is 4.59. The normalized spacial score (nSPS) is 17.3. The van der Waals surface area contributed by atoms with Crippen molar-refractivity contribution in [3.05, 3.63) is 41.1 Å². The van der Waals surface area contributed by atoms with Crippen LogP contribution in [0.5, 0.6) is 5.75 Å². The lowest BCUT2D eigenvalue weighted by molar-refractivity contribution is -0.141. The van der Waals surface area contributed by atoms with Crippen molar-refractivity contribution in [1.29, 1.82) is 0 Å². The number of carbonyl (C=O) groups excluding carboxylic acids is 1. The second-order valence-electron chi connectivity index (χ2n) is 8.29. The van der Waals surface area contributed by atoms with Crippen molar-refractivity contribution >= 4 is 5.97 Å². The van der Waals surface area contributed by atoms with Gasteiger partial charge >= 0.3 is 12.1 Å². The van der Waals surface area contributed by atoms with E-state index in [4.69, 9.17) is 0 Å². The fourth-order valence-electron chi connectivity index (χ4n) is 4.18. The molecular weight excluding hydrogens is 423 g/mol. The molecule has 0 unspecified atom stereocenters. The number of carbonyl (C=O) groups is 1. The summed E-state index contributed by atoms with van der Waals surface area (Å²) >= 11 is 0. The first-order chi connectivity index (χ1) is 15.2. The quantitative estimate of drug-likeness (QED) is 0.630. The second-order valence-corrected chi connectivity index (χ2v) is 8.29. The van der Waals surface area contributed by atoms with Crippen LogP contribution >= 0.6 is 0 Å². The van der Waals surface area contributed by atoms with E-state index in [9.17, 15) is 23.1 Å². The summed E-state index contributed by atoms with van der Waals surface area (Å²) in [5.74, 6) is -0.246. The van der Waals surface area contributed by atoms with Crippen LogP contribution in [0.2, 0.25) is 0 Å². The van der Waals surface area contributed by atoms with E-state index >= 15 is 0 Å². The van der Waals surface area contributed by atoms with Crippen LogP contribution in [-0.2, 0) is 22.1 Å². The Labute approximate surface area is 185 Å². The monoisotopic (exact) mass is 451 g/mol. The smallest absolute Gasteiger partial charge is 0.416 e. The van der Waals surface area contributed by atoms with Crippen LogP contribution in [0.4, 0.5) is 13.2 Å². The number of alkyl halides is 3. The van der Waals surface area contributed by atoms with E-state index in [1.165, 1.54) is 13.2 Å². The maximum absolute atomic E-state index is 12.8. The van der Waals surface area contributed by atoms with Crippen molar-refractivity contribution in [2.75, 3.05) is 26.7 Å². The van der Waals surface area contributed by atoms with Gasteiger partial charge < -0.3 is 14.7 Å². The third-order valence-electron chi connectivity index (χ3n) is 5.80. The second kappa shape index (κ2) is 10.3. The number of aromatic hydroxyl groups is 1. The lowest BCUT2D eigenvalue weighted by Crippen LogP contribution is -2.37. The third kappa shape index (κ3) is 6.18. The van der Waals surface area contributed by atoms with Gasteiger partial charge in [0.15, 0.2) is 0 Å². The van der Waals surface area contributed by atoms with E-state index in [1.807, 2.05) is 13.0 Å². The van der Waals surface area contributed by atoms with Gasteiger partial charge in [-0.05, 0) is 81.4 Å². The first-order valence-electron chi connectivity index (χ1n) is 10.7. The van der Waals surface area contributed by atoms with Crippen LogP contribution in [0.15, 0.2) is 24.3 Å². The average Bonchev–Trinajstić information content (AvgIpc) is 2.74. The maximum Gasteiger partial charge on any atom is 0.416 e. The Bertz CT molecular complexity index is 950. The zero-order chi connectivity index (χ0) is 23.3. The number of rotatable bonds is 7. The Balaban J connectivity index is 1.63. The van der Waals surface area contributed by atoms with Crippen LogP contribution in [0.1, 0.15) is 42.5 Å². The van der Waals surface area contributed by atoms with Gasteiger partial charge in [-0.15, -0.1) is 5.10 Å². The number of benzene rings is 1. The van der Waals surface area contributed by atoms with E-state index in [0.717, 1.165) is 62.6 Å². The molecule has 2 aromatic rings. The Morgan fingerprint density at radius 3 is 2.72 bits per heavy atom. The molecule has 1 saturated heterocycles.